The average Bonchev–Trinajstić information content (AvgIpc) is 2.46. The molecule has 0 aliphatic rings. The van der Waals surface area contributed by atoms with Crippen molar-refractivity contribution in [2.75, 3.05) is 39.0 Å². The van der Waals surface area contributed by atoms with Crippen LogP contribution in [0, 0.1) is 11.3 Å². The summed E-state index contributed by atoms with van der Waals surface area (Å²) in [6.07, 6.45) is 1.49. The molecule has 5 heteroatoms. The predicted molar refractivity (Wildman–Crippen MR) is 80.4 cm³/mol. The summed E-state index contributed by atoms with van der Waals surface area (Å²) in [6, 6.07) is 9.09. The maximum Gasteiger partial charge on any atom is 0.225 e. The summed E-state index contributed by atoms with van der Waals surface area (Å²) in [5.41, 5.74) is 1.07. The van der Waals surface area contributed by atoms with Gasteiger partial charge in [0, 0.05) is 13.0 Å². The van der Waals surface area contributed by atoms with E-state index in [1.165, 1.54) is 0 Å². The van der Waals surface area contributed by atoms with Crippen molar-refractivity contribution in [2.24, 2.45) is 0 Å². The number of carbonyl (C=O) groups is 1. The van der Waals surface area contributed by atoms with E-state index in [2.05, 4.69) is 21.6 Å². The molecule has 0 atom stereocenters. The van der Waals surface area contributed by atoms with Crippen molar-refractivity contribution in [3.63, 3.8) is 0 Å². The van der Waals surface area contributed by atoms with E-state index in [1.54, 1.807) is 24.3 Å². The van der Waals surface area contributed by atoms with Gasteiger partial charge in [0.1, 0.15) is 6.07 Å². The fourth-order valence-corrected chi connectivity index (χ4v) is 1.83. The highest BCUT2D eigenvalue weighted by molar-refractivity contribution is 5.92. The van der Waals surface area contributed by atoms with Crippen molar-refractivity contribution < 1.29 is 4.79 Å². The first kappa shape index (κ1) is 16.2. The monoisotopic (exact) mass is 274 g/mol. The Hall–Kier alpha value is -1.90. The van der Waals surface area contributed by atoms with Gasteiger partial charge in [-0.3, -0.25) is 4.79 Å². The zero-order valence-corrected chi connectivity index (χ0v) is 12.1. The molecular weight excluding hydrogens is 252 g/mol. The average molecular weight is 274 g/mol. The van der Waals surface area contributed by atoms with Gasteiger partial charge in [-0.05, 0) is 45.7 Å². The SMILES string of the molecule is CNCCCN(C)CCC(=O)Nc1ccccc1C#N. The van der Waals surface area contributed by atoms with Gasteiger partial charge in [-0.1, -0.05) is 12.1 Å². The number of carbonyl (C=O) groups excluding carboxylic acids is 1. The lowest BCUT2D eigenvalue weighted by molar-refractivity contribution is -0.116. The van der Waals surface area contributed by atoms with Crippen LogP contribution >= 0.6 is 0 Å². The number of nitriles is 1. The zero-order chi connectivity index (χ0) is 14.8. The van der Waals surface area contributed by atoms with Gasteiger partial charge in [-0.15, -0.1) is 0 Å². The number of nitrogens with one attached hydrogen (secondary N) is 2. The van der Waals surface area contributed by atoms with Crippen LogP contribution in [0.25, 0.3) is 0 Å². The third kappa shape index (κ3) is 5.83. The maximum absolute atomic E-state index is 11.9. The first-order chi connectivity index (χ1) is 9.67. The van der Waals surface area contributed by atoms with Gasteiger partial charge >= 0.3 is 0 Å². The van der Waals surface area contributed by atoms with Crippen LogP contribution in [0.1, 0.15) is 18.4 Å². The van der Waals surface area contributed by atoms with E-state index in [9.17, 15) is 4.79 Å². The summed E-state index contributed by atoms with van der Waals surface area (Å²) < 4.78 is 0. The lowest BCUT2D eigenvalue weighted by Gasteiger charge is -2.16. The number of nitrogens with zero attached hydrogens (tertiary/aromatic N) is 2. The smallest absolute Gasteiger partial charge is 0.225 e. The lowest BCUT2D eigenvalue weighted by atomic mass is 10.2. The molecule has 0 aromatic heterocycles. The normalized spacial score (nSPS) is 10.3. The van der Waals surface area contributed by atoms with Crippen molar-refractivity contribution in [1.82, 2.24) is 10.2 Å². The molecule has 0 fully saturated rings. The molecule has 5 nitrogen and oxygen atoms in total. The molecular formula is C15H22N4O. The molecule has 0 radical (unpaired) electrons. The molecule has 0 spiro atoms. The Balaban J connectivity index is 2.35. The lowest BCUT2D eigenvalue weighted by Crippen LogP contribution is -2.27. The van der Waals surface area contributed by atoms with Gasteiger partial charge in [0.25, 0.3) is 0 Å². The first-order valence-corrected chi connectivity index (χ1v) is 6.79. The molecule has 0 heterocycles. The molecule has 1 aromatic carbocycles. The molecule has 0 aliphatic heterocycles. The largest absolute Gasteiger partial charge is 0.325 e. The van der Waals surface area contributed by atoms with Crippen LogP contribution in [0.4, 0.5) is 5.69 Å². The van der Waals surface area contributed by atoms with E-state index < -0.39 is 0 Å². The molecule has 1 amide bonds. The molecule has 1 aromatic rings. The Bertz CT molecular complexity index is 467. The minimum Gasteiger partial charge on any atom is -0.325 e. The number of para-hydroxylation sites is 1. The molecule has 0 bridgehead atoms. The fourth-order valence-electron chi connectivity index (χ4n) is 1.83. The van der Waals surface area contributed by atoms with Crippen molar-refractivity contribution >= 4 is 11.6 Å². The van der Waals surface area contributed by atoms with Gasteiger partial charge in [0.15, 0.2) is 0 Å². The van der Waals surface area contributed by atoms with Gasteiger partial charge < -0.3 is 15.5 Å². The Kier molecular flexibility index (Phi) is 7.33. The summed E-state index contributed by atoms with van der Waals surface area (Å²) in [6.45, 7) is 2.65. The van der Waals surface area contributed by atoms with Crippen molar-refractivity contribution in [2.45, 2.75) is 12.8 Å². The third-order valence-electron chi connectivity index (χ3n) is 3.01. The van der Waals surface area contributed by atoms with Crippen molar-refractivity contribution in [1.29, 1.82) is 5.26 Å². The minimum atomic E-state index is -0.0619. The molecule has 0 aliphatic carbocycles. The predicted octanol–water partition coefficient (Wildman–Crippen LogP) is 1.43. The van der Waals surface area contributed by atoms with Crippen LogP contribution in [-0.2, 0) is 4.79 Å². The standard InChI is InChI=1S/C15H22N4O/c1-17-9-5-10-19(2)11-8-15(20)18-14-7-4-3-6-13(14)12-16/h3-4,6-7,17H,5,8-11H2,1-2H3,(H,18,20). The van der Waals surface area contributed by atoms with Crippen molar-refractivity contribution in [3.8, 4) is 6.07 Å². The highest BCUT2D eigenvalue weighted by atomic mass is 16.1. The van der Waals surface area contributed by atoms with Crippen LogP contribution in [0.2, 0.25) is 0 Å². The zero-order valence-electron chi connectivity index (χ0n) is 12.1. The number of hydrogen-bond acceptors (Lipinski definition) is 4. The summed E-state index contributed by atoms with van der Waals surface area (Å²) in [4.78, 5) is 14.0. The third-order valence-corrected chi connectivity index (χ3v) is 3.01. The van der Waals surface area contributed by atoms with E-state index >= 15 is 0 Å². The van der Waals surface area contributed by atoms with Crippen LogP contribution in [0.15, 0.2) is 24.3 Å². The molecule has 2 N–H and O–H groups in total. The number of benzene rings is 1. The molecule has 1 rings (SSSR count). The Morgan fingerprint density at radius 3 is 2.80 bits per heavy atom. The molecule has 0 unspecified atom stereocenters. The van der Waals surface area contributed by atoms with Crippen LogP contribution < -0.4 is 10.6 Å². The number of rotatable bonds is 8. The van der Waals surface area contributed by atoms with Crippen LogP contribution in [0.5, 0.6) is 0 Å². The summed E-state index contributed by atoms with van der Waals surface area (Å²) in [5, 5.41) is 14.8. The summed E-state index contributed by atoms with van der Waals surface area (Å²) in [7, 11) is 3.94. The molecule has 0 saturated carbocycles. The van der Waals surface area contributed by atoms with Gasteiger partial charge in [-0.25, -0.2) is 0 Å². The van der Waals surface area contributed by atoms with Crippen LogP contribution in [-0.4, -0.2) is 44.5 Å². The quantitative estimate of drug-likeness (QED) is 0.704. The Morgan fingerprint density at radius 1 is 1.35 bits per heavy atom. The second kappa shape index (κ2) is 9.08. The molecule has 0 saturated heterocycles. The second-order valence-corrected chi connectivity index (χ2v) is 4.72. The van der Waals surface area contributed by atoms with Gasteiger partial charge in [-0.2, -0.15) is 5.26 Å². The van der Waals surface area contributed by atoms with Crippen LogP contribution in [0.3, 0.4) is 0 Å². The topological polar surface area (TPSA) is 68.2 Å². The van der Waals surface area contributed by atoms with Gasteiger partial charge in [0.05, 0.1) is 11.3 Å². The van der Waals surface area contributed by atoms with Gasteiger partial charge in [0.2, 0.25) is 5.91 Å². The minimum absolute atomic E-state index is 0.0619. The number of hydrogen-bond donors (Lipinski definition) is 2. The molecule has 108 valence electrons. The van der Waals surface area contributed by atoms with E-state index in [1.807, 2.05) is 14.1 Å². The highest BCUT2D eigenvalue weighted by Gasteiger charge is 2.07. The highest BCUT2D eigenvalue weighted by Crippen LogP contribution is 2.13. The van der Waals surface area contributed by atoms with E-state index in [-0.39, 0.29) is 5.91 Å². The number of amides is 1. The maximum atomic E-state index is 11.9. The summed E-state index contributed by atoms with van der Waals surface area (Å²) >= 11 is 0. The first-order valence-electron chi connectivity index (χ1n) is 6.79. The van der Waals surface area contributed by atoms with E-state index in [0.29, 0.717) is 24.2 Å². The molecule has 20 heavy (non-hydrogen) atoms. The number of anilines is 1. The Labute approximate surface area is 120 Å². The second-order valence-electron chi connectivity index (χ2n) is 4.72. The summed E-state index contributed by atoms with van der Waals surface area (Å²) in [5.74, 6) is -0.0619. The fraction of sp³-hybridized carbons (Fsp3) is 0.467. The van der Waals surface area contributed by atoms with E-state index in [0.717, 1.165) is 19.5 Å². The Morgan fingerprint density at radius 2 is 2.10 bits per heavy atom. The van der Waals surface area contributed by atoms with E-state index in [4.69, 9.17) is 5.26 Å². The van der Waals surface area contributed by atoms with Crippen molar-refractivity contribution in [3.05, 3.63) is 29.8 Å².